The molecule has 0 unspecified atom stereocenters. The van der Waals surface area contributed by atoms with Gasteiger partial charge in [-0.05, 0) is 110 Å². The first-order valence-corrected chi connectivity index (χ1v) is 17.3. The van der Waals surface area contributed by atoms with Crippen LogP contribution in [0, 0.1) is 25.7 Å². The number of anilines is 1. The Bertz CT molecular complexity index is 1270. The number of nitrogen functional groups attached to an aromatic ring is 1. The third kappa shape index (κ3) is 13.3. The van der Waals surface area contributed by atoms with Crippen LogP contribution in [0.1, 0.15) is 141 Å². The Labute approximate surface area is 273 Å². The first-order valence-electron chi connectivity index (χ1n) is 17.3. The Hall–Kier alpha value is -3.06. The molecule has 2 saturated carbocycles. The summed E-state index contributed by atoms with van der Waals surface area (Å²) < 4.78 is 0. The fourth-order valence-corrected chi connectivity index (χ4v) is 5.90. The van der Waals surface area contributed by atoms with Gasteiger partial charge in [-0.15, -0.1) is 0 Å². The van der Waals surface area contributed by atoms with E-state index in [9.17, 15) is 0 Å². The summed E-state index contributed by atoms with van der Waals surface area (Å²) in [6, 6.07) is 12.8. The van der Waals surface area contributed by atoms with Crippen molar-refractivity contribution in [3.05, 3.63) is 107 Å². The summed E-state index contributed by atoms with van der Waals surface area (Å²) in [5.74, 6) is 2.08. The molecule has 0 aromatic heterocycles. The number of benzene rings is 2. The van der Waals surface area contributed by atoms with Crippen LogP contribution >= 0.6 is 0 Å². The second-order valence-electron chi connectivity index (χ2n) is 13.0. The number of rotatable bonds is 6. The van der Waals surface area contributed by atoms with Gasteiger partial charge in [0.2, 0.25) is 0 Å². The van der Waals surface area contributed by atoms with Crippen molar-refractivity contribution < 1.29 is 0 Å². The van der Waals surface area contributed by atoms with Crippen molar-refractivity contribution in [2.75, 3.05) is 5.73 Å². The first kappa shape index (κ1) is 39.0. The molecule has 2 N–H and O–H groups in total. The lowest BCUT2D eigenvalue weighted by molar-refractivity contribution is 0.385. The van der Waals surface area contributed by atoms with Gasteiger partial charge in [0, 0.05) is 5.69 Å². The Balaban J connectivity index is 0.000000522. The fraction of sp³-hybridized carbons (Fsp3) is 0.488. The van der Waals surface area contributed by atoms with E-state index in [4.69, 9.17) is 5.73 Å². The molecule has 0 heterocycles. The summed E-state index contributed by atoms with van der Waals surface area (Å²) in [5.41, 5.74) is 18.8. The van der Waals surface area contributed by atoms with Gasteiger partial charge < -0.3 is 5.73 Å². The van der Waals surface area contributed by atoms with Crippen LogP contribution in [-0.2, 0) is 0 Å². The van der Waals surface area contributed by atoms with Crippen LogP contribution in [-0.4, -0.2) is 0 Å². The summed E-state index contributed by atoms with van der Waals surface area (Å²) in [6.45, 7) is 29.3. The van der Waals surface area contributed by atoms with Gasteiger partial charge in [0.25, 0.3) is 0 Å². The van der Waals surface area contributed by atoms with Gasteiger partial charge in [0.1, 0.15) is 0 Å². The van der Waals surface area contributed by atoms with Crippen molar-refractivity contribution in [3.8, 4) is 0 Å². The highest BCUT2D eigenvalue weighted by atomic mass is 14.6. The highest BCUT2D eigenvalue weighted by molar-refractivity contribution is 5.83. The topological polar surface area (TPSA) is 26.0 Å². The summed E-state index contributed by atoms with van der Waals surface area (Å²) in [7, 11) is 0. The van der Waals surface area contributed by atoms with Crippen LogP contribution in [0.5, 0.6) is 0 Å². The molecule has 2 aliphatic rings. The van der Waals surface area contributed by atoms with E-state index in [0.29, 0.717) is 0 Å². The zero-order chi connectivity index (χ0) is 33.2. The molecule has 44 heavy (non-hydrogen) atoms. The standard InChI is InChI=1S/C28H33N.C7H14.C6H12.C2H6/c1-9-10-27(25-12-11-19(4)28(29)17-25)23(8)20(5)15-21(6)26-14-13-24(18(2)3)16-22(26)7;1-7-5-3-2-4-6-7;1-6-4-2-3-5-6;1-2/h9-17H,1-2,29H2,3-8H3;7H,2-6H2,1H3;6H,2-5H2,1H3;1-2H3/b21-15+,23-20+,27-10+;;;. The van der Waals surface area contributed by atoms with Crippen molar-refractivity contribution in [1.82, 2.24) is 0 Å². The summed E-state index contributed by atoms with van der Waals surface area (Å²) in [6.07, 6.45) is 19.5. The number of aryl methyl sites for hydroxylation is 2. The predicted octanol–water partition coefficient (Wildman–Crippen LogP) is 13.7. The molecule has 2 fully saturated rings. The van der Waals surface area contributed by atoms with E-state index in [-0.39, 0.29) is 0 Å². The van der Waals surface area contributed by atoms with Gasteiger partial charge in [-0.2, -0.15) is 0 Å². The lowest BCUT2D eigenvalue weighted by Gasteiger charge is -2.15. The third-order valence-corrected chi connectivity index (χ3v) is 8.99. The van der Waals surface area contributed by atoms with E-state index in [0.717, 1.165) is 39.8 Å². The second-order valence-corrected chi connectivity index (χ2v) is 13.0. The van der Waals surface area contributed by atoms with E-state index in [1.54, 1.807) is 0 Å². The minimum absolute atomic E-state index is 0.808. The van der Waals surface area contributed by atoms with Crippen molar-refractivity contribution in [2.45, 2.75) is 127 Å². The molecule has 0 amide bonds. The Morgan fingerprint density at radius 1 is 0.750 bits per heavy atom. The highest BCUT2D eigenvalue weighted by Crippen LogP contribution is 2.30. The molecule has 0 atom stereocenters. The fourth-order valence-electron chi connectivity index (χ4n) is 5.90. The van der Waals surface area contributed by atoms with E-state index < -0.39 is 0 Å². The molecule has 0 spiro atoms. The largest absolute Gasteiger partial charge is 0.398 e. The lowest BCUT2D eigenvalue weighted by atomic mass is 9.91. The smallest absolute Gasteiger partial charge is 0.0349 e. The summed E-state index contributed by atoms with van der Waals surface area (Å²) in [4.78, 5) is 0. The van der Waals surface area contributed by atoms with Gasteiger partial charge in [0.15, 0.2) is 0 Å². The summed E-state index contributed by atoms with van der Waals surface area (Å²) >= 11 is 0. The van der Waals surface area contributed by atoms with Gasteiger partial charge in [-0.25, -0.2) is 0 Å². The molecule has 1 heteroatoms. The zero-order valence-electron chi connectivity index (χ0n) is 30.2. The lowest BCUT2D eigenvalue weighted by Crippen LogP contribution is -1.99. The Morgan fingerprint density at radius 2 is 1.27 bits per heavy atom. The molecule has 242 valence electrons. The van der Waals surface area contributed by atoms with E-state index in [1.807, 2.05) is 39.8 Å². The average Bonchev–Trinajstić information content (AvgIpc) is 3.49. The van der Waals surface area contributed by atoms with Crippen molar-refractivity contribution >= 4 is 22.4 Å². The van der Waals surface area contributed by atoms with Crippen LogP contribution < -0.4 is 5.73 Å². The van der Waals surface area contributed by atoms with Gasteiger partial charge in [-0.3, -0.25) is 0 Å². The first-order chi connectivity index (χ1) is 20.9. The van der Waals surface area contributed by atoms with Crippen LogP contribution in [0.3, 0.4) is 0 Å². The number of nitrogens with two attached hydrogens (primary N) is 1. The van der Waals surface area contributed by atoms with E-state index in [1.165, 1.54) is 91.2 Å². The van der Waals surface area contributed by atoms with Crippen LogP contribution in [0.15, 0.2) is 78.9 Å². The van der Waals surface area contributed by atoms with Gasteiger partial charge in [0.05, 0.1) is 0 Å². The molecule has 0 aliphatic heterocycles. The molecule has 0 saturated heterocycles. The Morgan fingerprint density at radius 3 is 1.68 bits per heavy atom. The number of hydrogen-bond acceptors (Lipinski definition) is 1. The van der Waals surface area contributed by atoms with E-state index >= 15 is 0 Å². The van der Waals surface area contributed by atoms with Crippen LogP contribution in [0.4, 0.5) is 5.69 Å². The molecule has 2 aromatic carbocycles. The molecule has 1 nitrogen and oxygen atoms in total. The highest BCUT2D eigenvalue weighted by Gasteiger charge is 2.10. The maximum atomic E-state index is 6.15. The van der Waals surface area contributed by atoms with E-state index in [2.05, 4.69) is 97.2 Å². The summed E-state index contributed by atoms with van der Waals surface area (Å²) in [5, 5.41) is 0. The molecule has 0 radical (unpaired) electrons. The quantitative estimate of drug-likeness (QED) is 0.261. The maximum absolute atomic E-state index is 6.15. The van der Waals surface area contributed by atoms with Gasteiger partial charge >= 0.3 is 0 Å². The van der Waals surface area contributed by atoms with Crippen molar-refractivity contribution in [1.29, 1.82) is 0 Å². The predicted molar refractivity (Wildman–Crippen MR) is 203 cm³/mol. The SMILES string of the molecule is C=C\C=C(/C(C)=C(C)/C=C(\C)c1ccc(C(=C)C)cc1C)c1ccc(C)c(N)c1.CC.CC1CCCC1.CC1CCCCC1. The van der Waals surface area contributed by atoms with Crippen molar-refractivity contribution in [2.24, 2.45) is 11.8 Å². The zero-order valence-corrected chi connectivity index (χ0v) is 30.2. The normalized spacial score (nSPS) is 16.3. The maximum Gasteiger partial charge on any atom is 0.0349 e. The molecule has 4 rings (SSSR count). The average molecular weight is 596 g/mol. The number of allylic oxidation sites excluding steroid dienone is 8. The van der Waals surface area contributed by atoms with Crippen LogP contribution in [0.25, 0.3) is 16.7 Å². The van der Waals surface area contributed by atoms with Crippen LogP contribution in [0.2, 0.25) is 0 Å². The molecular weight excluding hydrogens is 530 g/mol. The minimum Gasteiger partial charge on any atom is -0.398 e. The molecule has 0 bridgehead atoms. The minimum atomic E-state index is 0.808. The monoisotopic (exact) mass is 596 g/mol. The molecular formula is C43H65N. The second kappa shape index (κ2) is 20.8. The van der Waals surface area contributed by atoms with Gasteiger partial charge in [-0.1, -0.05) is 153 Å². The third-order valence-electron chi connectivity index (χ3n) is 8.99. The molecule has 2 aliphatic carbocycles. The Kier molecular flexibility index (Phi) is 18.4. The van der Waals surface area contributed by atoms with Crippen molar-refractivity contribution in [3.63, 3.8) is 0 Å². The number of hydrogen-bond donors (Lipinski definition) is 1. The molecule has 2 aromatic rings.